The van der Waals surface area contributed by atoms with Crippen molar-refractivity contribution in [2.45, 2.75) is 13.3 Å². The third-order valence-electron chi connectivity index (χ3n) is 2.40. The first kappa shape index (κ1) is 10.1. The van der Waals surface area contributed by atoms with Crippen LogP contribution >= 0.6 is 11.6 Å². The van der Waals surface area contributed by atoms with Gasteiger partial charge >= 0.3 is 0 Å². The molecule has 0 unspecified atom stereocenters. The number of aldehydes is 1. The van der Waals surface area contributed by atoms with Crippen molar-refractivity contribution < 1.29 is 4.79 Å². The van der Waals surface area contributed by atoms with E-state index in [1.807, 2.05) is 18.2 Å². The molecular formula is C12H10ClNO. The molecule has 1 aromatic carbocycles. The van der Waals surface area contributed by atoms with Gasteiger partial charge in [0.1, 0.15) is 5.15 Å². The van der Waals surface area contributed by atoms with E-state index in [9.17, 15) is 4.79 Å². The van der Waals surface area contributed by atoms with E-state index in [1.54, 1.807) is 6.07 Å². The maximum Gasteiger partial charge on any atom is 0.153 e. The quantitative estimate of drug-likeness (QED) is 0.573. The highest BCUT2D eigenvalue weighted by Gasteiger charge is 2.04. The molecule has 0 spiro atoms. The van der Waals surface area contributed by atoms with E-state index in [0.29, 0.717) is 5.56 Å². The van der Waals surface area contributed by atoms with Crippen LogP contribution in [0.5, 0.6) is 0 Å². The van der Waals surface area contributed by atoms with E-state index >= 15 is 0 Å². The van der Waals surface area contributed by atoms with Gasteiger partial charge in [-0.05, 0) is 24.1 Å². The van der Waals surface area contributed by atoms with E-state index in [0.717, 1.165) is 23.6 Å². The van der Waals surface area contributed by atoms with E-state index < -0.39 is 0 Å². The summed E-state index contributed by atoms with van der Waals surface area (Å²) in [6, 6.07) is 7.75. The van der Waals surface area contributed by atoms with Gasteiger partial charge in [-0.1, -0.05) is 30.7 Å². The second kappa shape index (κ2) is 3.99. The number of halogens is 1. The molecule has 0 radical (unpaired) electrons. The van der Waals surface area contributed by atoms with Gasteiger partial charge in [0.25, 0.3) is 0 Å². The Morgan fingerprint density at radius 2 is 2.20 bits per heavy atom. The molecule has 0 amide bonds. The van der Waals surface area contributed by atoms with Crippen LogP contribution in [0, 0.1) is 0 Å². The summed E-state index contributed by atoms with van der Waals surface area (Å²) in [5, 5.41) is 1.21. The van der Waals surface area contributed by atoms with E-state index in [2.05, 4.69) is 11.9 Å². The fourth-order valence-electron chi connectivity index (χ4n) is 1.51. The molecule has 0 bridgehead atoms. The number of rotatable bonds is 2. The lowest BCUT2D eigenvalue weighted by Gasteiger charge is -2.02. The van der Waals surface area contributed by atoms with Crippen LogP contribution in [0.3, 0.4) is 0 Å². The first-order chi connectivity index (χ1) is 7.24. The van der Waals surface area contributed by atoms with Gasteiger partial charge in [0.05, 0.1) is 11.1 Å². The zero-order valence-corrected chi connectivity index (χ0v) is 9.08. The first-order valence-electron chi connectivity index (χ1n) is 4.79. The molecule has 2 nitrogen and oxygen atoms in total. The van der Waals surface area contributed by atoms with Crippen LogP contribution < -0.4 is 0 Å². The van der Waals surface area contributed by atoms with Crippen molar-refractivity contribution in [2.75, 3.05) is 0 Å². The van der Waals surface area contributed by atoms with Crippen molar-refractivity contribution in [3.63, 3.8) is 0 Å². The second-order valence-electron chi connectivity index (χ2n) is 3.37. The molecule has 3 heteroatoms. The monoisotopic (exact) mass is 219 g/mol. The molecule has 0 saturated carbocycles. The van der Waals surface area contributed by atoms with Crippen molar-refractivity contribution in [1.82, 2.24) is 4.98 Å². The van der Waals surface area contributed by atoms with Gasteiger partial charge < -0.3 is 0 Å². The summed E-state index contributed by atoms with van der Waals surface area (Å²) in [4.78, 5) is 14.9. The van der Waals surface area contributed by atoms with Crippen LogP contribution in [0.1, 0.15) is 22.8 Å². The van der Waals surface area contributed by atoms with Gasteiger partial charge in [-0.2, -0.15) is 0 Å². The maximum atomic E-state index is 10.7. The predicted molar refractivity (Wildman–Crippen MR) is 61.5 cm³/mol. The first-order valence-corrected chi connectivity index (χ1v) is 5.16. The zero-order valence-electron chi connectivity index (χ0n) is 8.33. The summed E-state index contributed by atoms with van der Waals surface area (Å²) < 4.78 is 0. The number of fused-ring (bicyclic) bond motifs is 1. The van der Waals surface area contributed by atoms with Gasteiger partial charge in [-0.15, -0.1) is 0 Å². The molecule has 0 saturated heterocycles. The Morgan fingerprint density at radius 3 is 2.87 bits per heavy atom. The van der Waals surface area contributed by atoms with Gasteiger partial charge in [0.15, 0.2) is 6.29 Å². The predicted octanol–water partition coefficient (Wildman–Crippen LogP) is 3.26. The Balaban J connectivity index is 2.70. The Labute approximate surface area is 92.9 Å². The third kappa shape index (κ3) is 1.85. The standard InChI is InChI=1S/C12H10ClNO/c1-2-8-3-4-9-6-10(7-15)12(13)14-11(9)5-8/h3-7H,2H2,1H3. The molecule has 76 valence electrons. The highest BCUT2D eigenvalue weighted by molar-refractivity contribution is 6.32. The highest BCUT2D eigenvalue weighted by Crippen LogP contribution is 2.20. The molecular weight excluding hydrogens is 210 g/mol. The maximum absolute atomic E-state index is 10.7. The van der Waals surface area contributed by atoms with Gasteiger partial charge in [-0.3, -0.25) is 4.79 Å². The molecule has 0 N–H and O–H groups in total. The molecule has 0 atom stereocenters. The number of hydrogen-bond donors (Lipinski definition) is 0. The van der Waals surface area contributed by atoms with Gasteiger partial charge in [0, 0.05) is 5.39 Å². The molecule has 2 aromatic rings. The fourth-order valence-corrected chi connectivity index (χ4v) is 1.70. The lowest BCUT2D eigenvalue weighted by atomic mass is 10.1. The summed E-state index contributed by atoms with van der Waals surface area (Å²) in [5.41, 5.74) is 2.49. The molecule has 0 fully saturated rings. The van der Waals surface area contributed by atoms with E-state index in [4.69, 9.17) is 11.6 Å². The summed E-state index contributed by atoms with van der Waals surface area (Å²) in [6.07, 6.45) is 1.69. The average Bonchev–Trinajstić information content (AvgIpc) is 2.27. The summed E-state index contributed by atoms with van der Waals surface area (Å²) in [6.45, 7) is 2.09. The fraction of sp³-hybridized carbons (Fsp3) is 0.167. The number of carbonyl (C=O) groups is 1. The largest absolute Gasteiger partial charge is 0.298 e. The molecule has 0 aliphatic carbocycles. The van der Waals surface area contributed by atoms with Crippen molar-refractivity contribution in [3.05, 3.63) is 40.5 Å². The van der Waals surface area contributed by atoms with Gasteiger partial charge in [0.2, 0.25) is 0 Å². The molecule has 2 rings (SSSR count). The third-order valence-corrected chi connectivity index (χ3v) is 2.70. The van der Waals surface area contributed by atoms with Crippen LogP contribution in [-0.4, -0.2) is 11.3 Å². The number of carbonyl (C=O) groups excluding carboxylic acids is 1. The summed E-state index contributed by atoms with van der Waals surface area (Å²) in [7, 11) is 0. The van der Waals surface area contributed by atoms with Crippen LogP contribution in [0.4, 0.5) is 0 Å². The van der Waals surface area contributed by atoms with Crippen molar-refractivity contribution in [1.29, 1.82) is 0 Å². The Hall–Kier alpha value is -1.41. The van der Waals surface area contributed by atoms with Crippen LogP contribution in [-0.2, 0) is 6.42 Å². The van der Waals surface area contributed by atoms with E-state index in [-0.39, 0.29) is 5.15 Å². The lowest BCUT2D eigenvalue weighted by Crippen LogP contribution is -1.89. The smallest absolute Gasteiger partial charge is 0.153 e. The van der Waals surface area contributed by atoms with Crippen molar-refractivity contribution in [3.8, 4) is 0 Å². The molecule has 1 aromatic heterocycles. The van der Waals surface area contributed by atoms with Crippen molar-refractivity contribution >= 4 is 28.8 Å². The molecule has 0 aliphatic rings. The summed E-state index contributed by atoms with van der Waals surface area (Å²) >= 11 is 5.86. The number of pyridine rings is 1. The van der Waals surface area contributed by atoms with E-state index in [1.165, 1.54) is 5.56 Å². The molecule has 0 aliphatic heterocycles. The average molecular weight is 220 g/mol. The second-order valence-corrected chi connectivity index (χ2v) is 3.72. The Kier molecular flexibility index (Phi) is 2.69. The minimum atomic E-state index is 0.269. The van der Waals surface area contributed by atoms with Crippen LogP contribution in [0.15, 0.2) is 24.3 Å². The molecule has 1 heterocycles. The Bertz CT molecular complexity index is 522. The van der Waals surface area contributed by atoms with Crippen molar-refractivity contribution in [2.24, 2.45) is 0 Å². The highest BCUT2D eigenvalue weighted by atomic mass is 35.5. The molecule has 15 heavy (non-hydrogen) atoms. The summed E-state index contributed by atoms with van der Waals surface area (Å²) in [5.74, 6) is 0. The Morgan fingerprint density at radius 1 is 1.40 bits per heavy atom. The van der Waals surface area contributed by atoms with Crippen LogP contribution in [0.25, 0.3) is 10.9 Å². The minimum absolute atomic E-state index is 0.269. The van der Waals surface area contributed by atoms with Gasteiger partial charge in [-0.25, -0.2) is 4.98 Å². The zero-order chi connectivity index (χ0) is 10.8. The number of aryl methyl sites for hydroxylation is 1. The number of nitrogens with zero attached hydrogens (tertiary/aromatic N) is 1. The number of hydrogen-bond acceptors (Lipinski definition) is 2. The van der Waals surface area contributed by atoms with Crippen LogP contribution in [0.2, 0.25) is 5.15 Å². The normalized spacial score (nSPS) is 10.5. The minimum Gasteiger partial charge on any atom is -0.298 e. The lowest BCUT2D eigenvalue weighted by molar-refractivity contribution is 0.112. The topological polar surface area (TPSA) is 30.0 Å². The SMILES string of the molecule is CCc1ccc2cc(C=O)c(Cl)nc2c1. The number of benzene rings is 1. The number of aromatic nitrogens is 1.